The van der Waals surface area contributed by atoms with Crippen molar-refractivity contribution in [2.75, 3.05) is 6.61 Å². The highest BCUT2D eigenvalue weighted by molar-refractivity contribution is 5.85. The number of pyridine rings is 1. The number of hydrogen-bond donors (Lipinski definition) is 1. The highest BCUT2D eigenvalue weighted by Crippen LogP contribution is 2.36. The summed E-state index contributed by atoms with van der Waals surface area (Å²) in [5.41, 5.74) is -1.36. The van der Waals surface area contributed by atoms with Gasteiger partial charge in [0.15, 0.2) is 0 Å². The van der Waals surface area contributed by atoms with E-state index in [1.807, 2.05) is 12.1 Å². The van der Waals surface area contributed by atoms with Crippen molar-refractivity contribution in [3.05, 3.63) is 80.6 Å². The molecule has 0 spiro atoms. The first kappa shape index (κ1) is 14.4. The molecule has 24 heavy (non-hydrogen) atoms. The van der Waals surface area contributed by atoms with Gasteiger partial charge >= 0.3 is 0 Å². The Hall–Kier alpha value is -3.19. The molecule has 0 radical (unpaired) electrons. The lowest BCUT2D eigenvalue weighted by Crippen LogP contribution is -2.48. The number of nitro benzene ring substituents is 1. The molecular formula is C17H12N2O5. The highest BCUT2D eigenvalue weighted by atomic mass is 16.6. The van der Waals surface area contributed by atoms with Crippen LogP contribution in [0.4, 0.5) is 5.69 Å². The number of aliphatic hydroxyl groups is 1. The summed E-state index contributed by atoms with van der Waals surface area (Å²) in [7, 11) is 0. The molecule has 1 aromatic heterocycles. The zero-order chi connectivity index (χ0) is 16.9. The molecule has 1 unspecified atom stereocenters. The summed E-state index contributed by atoms with van der Waals surface area (Å²) >= 11 is 0. The van der Waals surface area contributed by atoms with E-state index in [1.54, 1.807) is 12.1 Å². The Labute approximate surface area is 135 Å². The molecule has 0 fully saturated rings. The molecule has 0 bridgehead atoms. The van der Waals surface area contributed by atoms with Crippen LogP contribution in [0.2, 0.25) is 0 Å². The SMILES string of the molecule is O=c1ccc2cccc3c2n1C(O)(c1ccc([N+](=O)[O-])cc1)CO3. The number of aromatic nitrogens is 1. The standard InChI is InChI=1S/C17H12N2O5/c20-15-9-4-11-2-1-3-14-16(11)18(15)17(21,10-24-14)12-5-7-13(8-6-12)19(22)23/h1-9,21H,10H2. The Morgan fingerprint density at radius 2 is 1.88 bits per heavy atom. The van der Waals surface area contributed by atoms with Gasteiger partial charge in [0.1, 0.15) is 12.4 Å². The van der Waals surface area contributed by atoms with Gasteiger partial charge in [0.25, 0.3) is 11.2 Å². The second-order valence-corrected chi connectivity index (χ2v) is 5.61. The van der Waals surface area contributed by atoms with Crippen molar-refractivity contribution in [2.24, 2.45) is 0 Å². The van der Waals surface area contributed by atoms with Gasteiger partial charge in [-0.3, -0.25) is 19.5 Å². The molecule has 1 aliphatic heterocycles. The van der Waals surface area contributed by atoms with E-state index in [9.17, 15) is 20.0 Å². The predicted molar refractivity (Wildman–Crippen MR) is 86.1 cm³/mol. The van der Waals surface area contributed by atoms with Gasteiger partial charge in [0.05, 0.1) is 10.4 Å². The molecule has 1 N–H and O–H groups in total. The van der Waals surface area contributed by atoms with Crippen molar-refractivity contribution >= 4 is 16.6 Å². The average molecular weight is 324 g/mol. The van der Waals surface area contributed by atoms with Crippen LogP contribution >= 0.6 is 0 Å². The first-order valence-electron chi connectivity index (χ1n) is 7.26. The topological polar surface area (TPSA) is 94.6 Å². The quantitative estimate of drug-likeness (QED) is 0.574. The second-order valence-electron chi connectivity index (χ2n) is 5.61. The molecule has 1 aliphatic rings. The molecule has 2 heterocycles. The second kappa shape index (κ2) is 4.90. The molecule has 120 valence electrons. The number of benzene rings is 2. The van der Waals surface area contributed by atoms with E-state index in [0.717, 1.165) is 5.39 Å². The van der Waals surface area contributed by atoms with Crippen molar-refractivity contribution in [3.8, 4) is 5.75 Å². The molecule has 2 aromatic carbocycles. The number of nitrogens with zero attached hydrogens (tertiary/aromatic N) is 2. The van der Waals surface area contributed by atoms with Crippen molar-refractivity contribution in [1.29, 1.82) is 0 Å². The molecule has 0 aliphatic carbocycles. The normalized spacial score (nSPS) is 19.0. The summed E-state index contributed by atoms with van der Waals surface area (Å²) in [6.45, 7) is -0.166. The monoisotopic (exact) mass is 324 g/mol. The zero-order valence-electron chi connectivity index (χ0n) is 12.4. The highest BCUT2D eigenvalue weighted by Gasteiger charge is 2.39. The van der Waals surface area contributed by atoms with E-state index in [-0.39, 0.29) is 17.9 Å². The maximum absolute atomic E-state index is 12.5. The fraction of sp³-hybridized carbons (Fsp3) is 0.118. The Morgan fingerprint density at radius 3 is 2.58 bits per heavy atom. The first-order valence-corrected chi connectivity index (χ1v) is 7.26. The van der Waals surface area contributed by atoms with Crippen molar-refractivity contribution in [1.82, 2.24) is 4.57 Å². The molecule has 0 saturated carbocycles. The summed E-state index contributed by atoms with van der Waals surface area (Å²) in [6.07, 6.45) is 0. The third-order valence-corrected chi connectivity index (χ3v) is 4.22. The average Bonchev–Trinajstić information content (AvgIpc) is 2.59. The minimum Gasteiger partial charge on any atom is -0.486 e. The van der Waals surface area contributed by atoms with E-state index in [2.05, 4.69) is 0 Å². The number of non-ortho nitro benzene ring substituents is 1. The maximum Gasteiger partial charge on any atom is 0.269 e. The van der Waals surface area contributed by atoms with Crippen molar-refractivity contribution in [3.63, 3.8) is 0 Å². The van der Waals surface area contributed by atoms with Gasteiger partial charge in [-0.05, 0) is 24.3 Å². The number of ether oxygens (including phenoxy) is 1. The van der Waals surface area contributed by atoms with Crippen LogP contribution in [0, 0.1) is 10.1 Å². The number of hydrogen-bond acceptors (Lipinski definition) is 5. The van der Waals surface area contributed by atoms with Crippen LogP contribution in [0.3, 0.4) is 0 Å². The van der Waals surface area contributed by atoms with Crippen LogP contribution in [-0.4, -0.2) is 21.2 Å². The predicted octanol–water partition coefficient (Wildman–Crippen LogP) is 2.00. The molecule has 0 saturated heterocycles. The van der Waals surface area contributed by atoms with E-state index in [1.165, 1.54) is 34.9 Å². The van der Waals surface area contributed by atoms with E-state index in [0.29, 0.717) is 16.8 Å². The molecule has 4 rings (SSSR count). The van der Waals surface area contributed by atoms with Crippen LogP contribution in [0.1, 0.15) is 5.56 Å². The van der Waals surface area contributed by atoms with Gasteiger partial charge < -0.3 is 9.84 Å². The van der Waals surface area contributed by atoms with Crippen LogP contribution in [0.5, 0.6) is 5.75 Å². The smallest absolute Gasteiger partial charge is 0.269 e. The lowest BCUT2D eigenvalue weighted by Gasteiger charge is -2.36. The summed E-state index contributed by atoms with van der Waals surface area (Å²) in [6, 6.07) is 13.9. The zero-order valence-corrected chi connectivity index (χ0v) is 12.4. The van der Waals surface area contributed by atoms with Gasteiger partial charge in [-0.25, -0.2) is 0 Å². The fourth-order valence-electron chi connectivity index (χ4n) is 3.05. The van der Waals surface area contributed by atoms with Crippen LogP contribution in [0.25, 0.3) is 10.9 Å². The van der Waals surface area contributed by atoms with Crippen LogP contribution < -0.4 is 10.3 Å². The Kier molecular flexibility index (Phi) is 2.94. The molecule has 0 amide bonds. The van der Waals surface area contributed by atoms with E-state index >= 15 is 0 Å². The minimum atomic E-state index is -1.74. The minimum absolute atomic E-state index is 0.0926. The van der Waals surface area contributed by atoms with Gasteiger partial charge in [0, 0.05) is 29.1 Å². The molecule has 7 nitrogen and oxygen atoms in total. The summed E-state index contributed by atoms with van der Waals surface area (Å²) in [5, 5.41) is 22.7. The number of rotatable bonds is 2. The van der Waals surface area contributed by atoms with Crippen molar-refractivity contribution in [2.45, 2.75) is 5.72 Å². The lowest BCUT2D eigenvalue weighted by molar-refractivity contribution is -0.384. The molecular weight excluding hydrogens is 312 g/mol. The lowest BCUT2D eigenvalue weighted by atomic mass is 10.00. The van der Waals surface area contributed by atoms with Crippen LogP contribution in [-0.2, 0) is 5.72 Å². The summed E-state index contributed by atoms with van der Waals surface area (Å²) in [4.78, 5) is 22.7. The number of para-hydroxylation sites is 1. The Balaban J connectivity index is 1.99. The van der Waals surface area contributed by atoms with Gasteiger partial charge in [-0.1, -0.05) is 12.1 Å². The first-order chi connectivity index (χ1) is 11.5. The Morgan fingerprint density at radius 1 is 1.12 bits per heavy atom. The molecule has 1 atom stereocenters. The fourth-order valence-corrected chi connectivity index (χ4v) is 3.05. The third-order valence-electron chi connectivity index (χ3n) is 4.22. The van der Waals surface area contributed by atoms with Gasteiger partial charge in [0.2, 0.25) is 5.72 Å². The molecule has 7 heteroatoms. The Bertz CT molecular complexity index is 1030. The largest absolute Gasteiger partial charge is 0.486 e. The summed E-state index contributed by atoms with van der Waals surface area (Å²) < 4.78 is 6.93. The van der Waals surface area contributed by atoms with E-state index in [4.69, 9.17) is 4.74 Å². The van der Waals surface area contributed by atoms with Crippen LogP contribution in [0.15, 0.2) is 59.4 Å². The van der Waals surface area contributed by atoms with Gasteiger partial charge in [-0.2, -0.15) is 0 Å². The van der Waals surface area contributed by atoms with Gasteiger partial charge in [-0.15, -0.1) is 0 Å². The third kappa shape index (κ3) is 1.92. The number of nitro groups is 1. The maximum atomic E-state index is 12.5. The van der Waals surface area contributed by atoms with E-state index < -0.39 is 10.6 Å². The van der Waals surface area contributed by atoms with Crippen molar-refractivity contribution < 1.29 is 14.8 Å². The summed E-state index contributed by atoms with van der Waals surface area (Å²) in [5.74, 6) is 0.511. The molecule has 3 aromatic rings.